The fourth-order valence-corrected chi connectivity index (χ4v) is 2.29. The molecule has 0 atom stereocenters. The molecule has 0 aliphatic heterocycles. The van der Waals surface area contributed by atoms with E-state index in [1.54, 1.807) is 31.2 Å². The minimum atomic E-state index is -3.15. The van der Waals surface area contributed by atoms with E-state index in [9.17, 15) is 8.42 Å². The van der Waals surface area contributed by atoms with Crippen LogP contribution in [0.2, 0.25) is 0 Å². The van der Waals surface area contributed by atoms with Crippen LogP contribution in [0.4, 0.5) is 0 Å². The van der Waals surface area contributed by atoms with Crippen molar-refractivity contribution in [2.45, 2.75) is 18.7 Å². The van der Waals surface area contributed by atoms with E-state index >= 15 is 0 Å². The van der Waals surface area contributed by atoms with Crippen molar-refractivity contribution in [2.75, 3.05) is 6.26 Å². The predicted octanol–water partition coefficient (Wildman–Crippen LogP) is 2.36. The lowest BCUT2D eigenvalue weighted by molar-refractivity contribution is 0.495. The van der Waals surface area contributed by atoms with Crippen LogP contribution in [-0.4, -0.2) is 19.7 Å². The van der Waals surface area contributed by atoms with Crippen LogP contribution in [0.5, 0.6) is 0 Å². The van der Waals surface area contributed by atoms with Gasteiger partial charge in [0.15, 0.2) is 15.7 Å². The molecule has 0 N–H and O–H groups in total. The highest BCUT2D eigenvalue weighted by Crippen LogP contribution is 2.24. The summed E-state index contributed by atoms with van der Waals surface area (Å²) in [4.78, 5) is 4.56. The molecule has 4 nitrogen and oxygen atoms in total. The minimum Gasteiger partial charge on any atom is -0.446 e. The number of sulfone groups is 1. The molecule has 0 spiro atoms. The third kappa shape index (κ3) is 2.39. The number of aryl methyl sites for hydroxylation is 2. The molecule has 1 aromatic carbocycles. The first-order valence-corrected chi connectivity index (χ1v) is 7.01. The van der Waals surface area contributed by atoms with Crippen LogP contribution in [0.15, 0.2) is 33.6 Å². The Labute approximate surface area is 100 Å². The minimum absolute atomic E-state index is 0.305. The Hall–Kier alpha value is -1.62. The van der Waals surface area contributed by atoms with Gasteiger partial charge in [0, 0.05) is 18.7 Å². The molecule has 0 radical (unpaired) electrons. The molecule has 90 valence electrons. The average Bonchev–Trinajstić information content (AvgIpc) is 2.57. The zero-order valence-corrected chi connectivity index (χ0v) is 10.7. The summed E-state index contributed by atoms with van der Waals surface area (Å²) in [6.07, 6.45) is 1.19. The second kappa shape index (κ2) is 4.00. The Morgan fingerprint density at radius 2 is 1.71 bits per heavy atom. The zero-order valence-electron chi connectivity index (χ0n) is 9.89. The summed E-state index contributed by atoms with van der Waals surface area (Å²) in [6, 6.07) is 6.63. The van der Waals surface area contributed by atoms with Crippen molar-refractivity contribution >= 4 is 9.84 Å². The van der Waals surface area contributed by atoms with E-state index in [1.165, 1.54) is 6.26 Å². The molecule has 17 heavy (non-hydrogen) atoms. The van der Waals surface area contributed by atoms with E-state index < -0.39 is 9.84 Å². The average molecular weight is 251 g/mol. The SMILES string of the molecule is Cc1nc(-c2ccc(S(C)(=O)=O)cc2)c(C)o1. The summed E-state index contributed by atoms with van der Waals surface area (Å²) in [5, 5.41) is 0. The van der Waals surface area contributed by atoms with Gasteiger partial charge < -0.3 is 4.42 Å². The van der Waals surface area contributed by atoms with Crippen molar-refractivity contribution in [3.05, 3.63) is 35.9 Å². The topological polar surface area (TPSA) is 60.2 Å². The van der Waals surface area contributed by atoms with Crippen LogP contribution < -0.4 is 0 Å². The van der Waals surface area contributed by atoms with Crippen molar-refractivity contribution in [1.29, 1.82) is 0 Å². The third-order valence-electron chi connectivity index (χ3n) is 2.46. The number of hydrogen-bond acceptors (Lipinski definition) is 4. The smallest absolute Gasteiger partial charge is 0.191 e. The van der Waals surface area contributed by atoms with E-state index in [2.05, 4.69) is 4.98 Å². The molecule has 1 aromatic heterocycles. The summed E-state index contributed by atoms with van der Waals surface area (Å²) in [7, 11) is -3.15. The van der Waals surface area contributed by atoms with Crippen LogP contribution in [0.25, 0.3) is 11.3 Å². The number of oxazole rings is 1. The molecule has 0 saturated heterocycles. The highest BCUT2D eigenvalue weighted by molar-refractivity contribution is 7.90. The standard InChI is InChI=1S/C12H13NO3S/c1-8-12(13-9(2)16-8)10-4-6-11(7-5-10)17(3,14)15/h4-7H,1-3H3. The Morgan fingerprint density at radius 3 is 2.12 bits per heavy atom. The van der Waals surface area contributed by atoms with Crippen LogP contribution in [0.1, 0.15) is 11.7 Å². The van der Waals surface area contributed by atoms with Gasteiger partial charge in [-0.3, -0.25) is 0 Å². The van der Waals surface area contributed by atoms with Gasteiger partial charge in [-0.05, 0) is 19.1 Å². The van der Waals surface area contributed by atoms with E-state index in [0.717, 1.165) is 17.0 Å². The first-order chi connectivity index (χ1) is 7.88. The lowest BCUT2D eigenvalue weighted by Crippen LogP contribution is -1.96. The van der Waals surface area contributed by atoms with Crippen LogP contribution in [-0.2, 0) is 9.84 Å². The molecule has 5 heteroatoms. The van der Waals surface area contributed by atoms with Crippen LogP contribution in [0, 0.1) is 13.8 Å². The molecular formula is C12H13NO3S. The summed E-state index contributed by atoms with van der Waals surface area (Å²) < 4.78 is 28.0. The molecule has 0 bridgehead atoms. The highest BCUT2D eigenvalue weighted by Gasteiger charge is 2.11. The van der Waals surface area contributed by atoms with E-state index in [-0.39, 0.29) is 0 Å². The summed E-state index contributed by atoms with van der Waals surface area (Å²) >= 11 is 0. The van der Waals surface area contributed by atoms with E-state index in [4.69, 9.17) is 4.42 Å². The summed E-state index contributed by atoms with van der Waals surface area (Å²) in [6.45, 7) is 3.61. The number of hydrogen-bond donors (Lipinski definition) is 0. The Morgan fingerprint density at radius 1 is 1.12 bits per heavy atom. The van der Waals surface area contributed by atoms with Crippen LogP contribution in [0.3, 0.4) is 0 Å². The fraction of sp³-hybridized carbons (Fsp3) is 0.250. The number of rotatable bonds is 2. The first-order valence-electron chi connectivity index (χ1n) is 5.12. The third-order valence-corrected chi connectivity index (χ3v) is 3.59. The number of benzene rings is 1. The maximum atomic E-state index is 11.3. The van der Waals surface area contributed by atoms with Gasteiger partial charge in [-0.2, -0.15) is 0 Å². The van der Waals surface area contributed by atoms with Crippen molar-refractivity contribution < 1.29 is 12.8 Å². The quantitative estimate of drug-likeness (QED) is 0.822. The van der Waals surface area contributed by atoms with Crippen molar-refractivity contribution in [1.82, 2.24) is 4.98 Å². The molecule has 0 amide bonds. The summed E-state index contributed by atoms with van der Waals surface area (Å²) in [5.74, 6) is 1.33. The second-order valence-electron chi connectivity index (χ2n) is 3.93. The molecule has 2 aromatic rings. The van der Waals surface area contributed by atoms with Gasteiger partial charge in [0.1, 0.15) is 11.5 Å². The zero-order chi connectivity index (χ0) is 12.6. The van der Waals surface area contributed by atoms with E-state index in [0.29, 0.717) is 10.8 Å². The van der Waals surface area contributed by atoms with Crippen molar-refractivity contribution in [3.8, 4) is 11.3 Å². The Balaban J connectivity index is 2.46. The molecule has 0 unspecified atom stereocenters. The molecule has 1 heterocycles. The first kappa shape index (κ1) is 11.9. The lowest BCUT2D eigenvalue weighted by atomic mass is 10.1. The van der Waals surface area contributed by atoms with Gasteiger partial charge in [0.25, 0.3) is 0 Å². The Bertz CT molecular complexity index is 639. The van der Waals surface area contributed by atoms with Crippen molar-refractivity contribution in [2.24, 2.45) is 0 Å². The van der Waals surface area contributed by atoms with Crippen molar-refractivity contribution in [3.63, 3.8) is 0 Å². The van der Waals surface area contributed by atoms with Gasteiger partial charge in [0.05, 0.1) is 4.90 Å². The lowest BCUT2D eigenvalue weighted by Gasteiger charge is -2.00. The largest absolute Gasteiger partial charge is 0.446 e. The molecule has 0 saturated carbocycles. The fourth-order valence-electron chi connectivity index (χ4n) is 1.66. The van der Waals surface area contributed by atoms with Gasteiger partial charge in [0.2, 0.25) is 0 Å². The maximum Gasteiger partial charge on any atom is 0.191 e. The number of nitrogens with zero attached hydrogens (tertiary/aromatic N) is 1. The normalized spacial score (nSPS) is 11.7. The highest BCUT2D eigenvalue weighted by atomic mass is 32.2. The summed E-state index contributed by atoms with van der Waals surface area (Å²) in [5.41, 5.74) is 1.61. The maximum absolute atomic E-state index is 11.3. The molecular weight excluding hydrogens is 238 g/mol. The van der Waals surface area contributed by atoms with Crippen LogP contribution >= 0.6 is 0 Å². The second-order valence-corrected chi connectivity index (χ2v) is 5.95. The van der Waals surface area contributed by atoms with Gasteiger partial charge in [-0.1, -0.05) is 12.1 Å². The molecule has 0 fully saturated rings. The van der Waals surface area contributed by atoms with E-state index in [1.807, 2.05) is 6.92 Å². The molecule has 0 aliphatic rings. The molecule has 2 rings (SSSR count). The van der Waals surface area contributed by atoms with Gasteiger partial charge >= 0.3 is 0 Å². The molecule has 0 aliphatic carbocycles. The monoisotopic (exact) mass is 251 g/mol. The van der Waals surface area contributed by atoms with Gasteiger partial charge in [-0.25, -0.2) is 13.4 Å². The Kier molecular flexibility index (Phi) is 2.79. The van der Waals surface area contributed by atoms with Gasteiger partial charge in [-0.15, -0.1) is 0 Å². The number of aromatic nitrogens is 1. The predicted molar refractivity (Wildman–Crippen MR) is 64.5 cm³/mol.